The highest BCUT2D eigenvalue weighted by molar-refractivity contribution is 7.02. The van der Waals surface area contributed by atoms with Gasteiger partial charge in [0.05, 0.1) is 0 Å². The van der Waals surface area contributed by atoms with Crippen LogP contribution in [0.5, 0.6) is 0 Å². The van der Waals surface area contributed by atoms with Gasteiger partial charge in [-0.05, 0) is 33.6 Å². The van der Waals surface area contributed by atoms with Crippen LogP contribution in [0.3, 0.4) is 0 Å². The lowest BCUT2D eigenvalue weighted by atomic mass is 10.2. The number of nitrogens with zero attached hydrogens (tertiary/aromatic N) is 1. The summed E-state index contributed by atoms with van der Waals surface area (Å²) in [6.45, 7) is 8.97. The molecule has 0 N–H and O–H groups in total. The van der Waals surface area contributed by atoms with Crippen molar-refractivity contribution in [2.45, 2.75) is 51.4 Å². The maximum Gasteiger partial charge on any atom is 0.410 e. The molecule has 0 unspecified atom stereocenters. The third-order valence-corrected chi connectivity index (χ3v) is 10.3. The first-order valence-corrected chi connectivity index (χ1v) is 12.0. The van der Waals surface area contributed by atoms with E-state index >= 15 is 0 Å². The molecule has 1 saturated heterocycles. The molecule has 1 aliphatic rings. The molecule has 1 aliphatic heterocycles. The first-order valence-electron chi connectivity index (χ1n) is 9.43. The Kier molecular flexibility index (Phi) is 5.23. The summed E-state index contributed by atoms with van der Waals surface area (Å²) in [5.41, 5.74) is -0.260. The number of likely N-dealkylation sites (tertiary alicyclic amines) is 1. The number of rotatable bonds is 3. The maximum absolute atomic E-state index is 12.9. The summed E-state index contributed by atoms with van der Waals surface area (Å²) in [4.78, 5) is 14.9. The third-order valence-electron chi connectivity index (χ3n) is 5.29. The van der Waals surface area contributed by atoms with Crippen molar-refractivity contribution in [3.8, 4) is 0 Å². The molecule has 3 rings (SSSR count). The lowest BCUT2D eigenvalue weighted by Crippen LogP contribution is -2.68. The molecule has 1 heterocycles. The van der Waals surface area contributed by atoms with Crippen LogP contribution >= 0.6 is 0 Å². The van der Waals surface area contributed by atoms with Gasteiger partial charge >= 0.3 is 6.09 Å². The predicted molar refractivity (Wildman–Crippen MR) is 110 cm³/mol. The molecule has 1 amide bonds. The molecule has 0 bridgehead atoms. The molecule has 1 fully saturated rings. The van der Waals surface area contributed by atoms with Crippen molar-refractivity contribution in [2.75, 3.05) is 6.54 Å². The molecule has 2 aromatic rings. The molecule has 4 heteroatoms. The summed E-state index contributed by atoms with van der Waals surface area (Å²) >= 11 is 0. The van der Waals surface area contributed by atoms with Gasteiger partial charge in [0.25, 0.3) is 0 Å². The van der Waals surface area contributed by atoms with E-state index < -0.39 is 13.7 Å². The van der Waals surface area contributed by atoms with Crippen molar-refractivity contribution < 1.29 is 9.53 Å². The smallest absolute Gasteiger partial charge is 0.410 e. The zero-order chi connectivity index (χ0) is 18.8. The number of carbonyl (C=O) groups is 1. The molecule has 3 nitrogen and oxygen atoms in total. The predicted octanol–water partition coefficient (Wildman–Crippen LogP) is 3.82. The standard InChI is InChI=1S/C22H29NO2Si/c1-22(2,3)25-21(24)23-17-11-16-20(23)26(4,18-12-7-5-8-13-18)19-14-9-6-10-15-19/h5-10,12-15,20H,11,16-17H2,1-4H3/t20-/m1/s1. The van der Waals surface area contributed by atoms with E-state index in [0.717, 1.165) is 19.4 Å². The second-order valence-corrected chi connectivity index (χ2v) is 12.5. The zero-order valence-corrected chi connectivity index (χ0v) is 17.2. The Balaban J connectivity index is 2.03. The van der Waals surface area contributed by atoms with Crippen LogP contribution in [0.2, 0.25) is 6.55 Å². The maximum atomic E-state index is 12.9. The van der Waals surface area contributed by atoms with E-state index in [0.29, 0.717) is 0 Å². The number of ether oxygens (including phenoxy) is 1. The summed E-state index contributed by atoms with van der Waals surface area (Å²) in [5.74, 6) is 0. The Hall–Kier alpha value is -2.07. The number of carbonyl (C=O) groups excluding carboxylic acids is 1. The molecule has 0 radical (unpaired) electrons. The minimum atomic E-state index is -2.14. The minimum Gasteiger partial charge on any atom is -0.444 e. The molecule has 26 heavy (non-hydrogen) atoms. The van der Waals surface area contributed by atoms with Crippen LogP contribution in [0.1, 0.15) is 33.6 Å². The van der Waals surface area contributed by atoms with Gasteiger partial charge in [0, 0.05) is 12.2 Å². The molecule has 1 atom stereocenters. The average Bonchev–Trinajstić information content (AvgIpc) is 3.11. The summed E-state index contributed by atoms with van der Waals surface area (Å²) in [6.07, 6.45) is 1.89. The largest absolute Gasteiger partial charge is 0.444 e. The van der Waals surface area contributed by atoms with Crippen LogP contribution in [-0.4, -0.2) is 36.9 Å². The van der Waals surface area contributed by atoms with E-state index in [-0.39, 0.29) is 11.8 Å². The van der Waals surface area contributed by atoms with Crippen molar-refractivity contribution in [1.82, 2.24) is 4.90 Å². The number of amides is 1. The Labute approximate surface area is 158 Å². The van der Waals surface area contributed by atoms with Gasteiger partial charge < -0.3 is 9.64 Å². The molecule has 2 aromatic carbocycles. The van der Waals surface area contributed by atoms with Gasteiger partial charge in [-0.1, -0.05) is 77.6 Å². The molecular formula is C22H29NO2Si. The monoisotopic (exact) mass is 367 g/mol. The van der Waals surface area contributed by atoms with E-state index in [4.69, 9.17) is 4.74 Å². The van der Waals surface area contributed by atoms with Gasteiger partial charge in [0.1, 0.15) is 13.7 Å². The van der Waals surface area contributed by atoms with Crippen molar-refractivity contribution in [1.29, 1.82) is 0 Å². The van der Waals surface area contributed by atoms with E-state index in [2.05, 4.69) is 67.2 Å². The summed E-state index contributed by atoms with van der Waals surface area (Å²) in [5, 5.41) is 2.73. The molecular weight excluding hydrogens is 338 g/mol. The summed E-state index contributed by atoms with van der Waals surface area (Å²) in [6, 6.07) is 21.5. The van der Waals surface area contributed by atoms with Crippen molar-refractivity contribution >= 4 is 24.5 Å². The van der Waals surface area contributed by atoms with Crippen LogP contribution in [0.25, 0.3) is 0 Å². The zero-order valence-electron chi connectivity index (χ0n) is 16.2. The van der Waals surface area contributed by atoms with E-state index in [1.807, 2.05) is 25.7 Å². The average molecular weight is 368 g/mol. The lowest BCUT2D eigenvalue weighted by molar-refractivity contribution is 0.0268. The molecule has 0 aromatic heterocycles. The second-order valence-electron chi connectivity index (χ2n) is 8.27. The van der Waals surface area contributed by atoms with Crippen LogP contribution in [0.15, 0.2) is 60.7 Å². The number of hydrogen-bond acceptors (Lipinski definition) is 2. The number of hydrogen-bond donors (Lipinski definition) is 0. The highest BCUT2D eigenvalue weighted by atomic mass is 28.3. The highest BCUT2D eigenvalue weighted by Crippen LogP contribution is 2.28. The van der Waals surface area contributed by atoms with E-state index in [1.54, 1.807) is 0 Å². The molecule has 0 saturated carbocycles. The fourth-order valence-corrected chi connectivity index (χ4v) is 8.54. The Morgan fingerprint density at radius 2 is 1.50 bits per heavy atom. The highest BCUT2D eigenvalue weighted by Gasteiger charge is 2.47. The number of benzene rings is 2. The minimum absolute atomic E-state index is 0.175. The van der Waals surface area contributed by atoms with Crippen molar-refractivity contribution in [3.05, 3.63) is 60.7 Å². The Morgan fingerprint density at radius 1 is 1.00 bits per heavy atom. The van der Waals surface area contributed by atoms with Gasteiger partial charge in [0.2, 0.25) is 0 Å². The van der Waals surface area contributed by atoms with Gasteiger partial charge in [-0.2, -0.15) is 0 Å². The Bertz CT molecular complexity index is 700. The van der Waals surface area contributed by atoms with Gasteiger partial charge in [-0.3, -0.25) is 0 Å². The third kappa shape index (κ3) is 3.70. The SMILES string of the molecule is CC(C)(C)OC(=O)N1CCC[C@H]1[Si](C)(c1ccccc1)c1ccccc1. The summed E-state index contributed by atoms with van der Waals surface area (Å²) < 4.78 is 5.73. The van der Waals surface area contributed by atoms with Gasteiger partial charge in [-0.25, -0.2) is 4.79 Å². The van der Waals surface area contributed by atoms with Crippen LogP contribution in [0.4, 0.5) is 4.79 Å². The van der Waals surface area contributed by atoms with E-state index in [9.17, 15) is 4.79 Å². The molecule has 138 valence electrons. The van der Waals surface area contributed by atoms with Crippen LogP contribution in [0, 0.1) is 0 Å². The first-order chi connectivity index (χ1) is 12.3. The van der Waals surface area contributed by atoms with E-state index in [1.165, 1.54) is 10.4 Å². The fourth-order valence-electron chi connectivity index (χ4n) is 4.03. The van der Waals surface area contributed by atoms with Crippen molar-refractivity contribution in [2.24, 2.45) is 0 Å². The van der Waals surface area contributed by atoms with Crippen LogP contribution in [-0.2, 0) is 4.74 Å². The normalized spacial score (nSPS) is 18.0. The summed E-state index contributed by atoms with van der Waals surface area (Å²) in [7, 11) is -2.14. The second kappa shape index (κ2) is 7.27. The molecule has 0 spiro atoms. The first kappa shape index (κ1) is 18.7. The quantitative estimate of drug-likeness (QED) is 0.772. The van der Waals surface area contributed by atoms with Crippen molar-refractivity contribution in [3.63, 3.8) is 0 Å². The van der Waals surface area contributed by atoms with Crippen LogP contribution < -0.4 is 10.4 Å². The Morgan fingerprint density at radius 3 is 1.96 bits per heavy atom. The molecule has 0 aliphatic carbocycles. The van der Waals surface area contributed by atoms with Gasteiger partial charge in [-0.15, -0.1) is 0 Å². The fraction of sp³-hybridized carbons (Fsp3) is 0.409. The topological polar surface area (TPSA) is 29.5 Å². The van der Waals surface area contributed by atoms with Gasteiger partial charge in [0.15, 0.2) is 0 Å². The lowest BCUT2D eigenvalue weighted by Gasteiger charge is -2.40.